The summed E-state index contributed by atoms with van der Waals surface area (Å²) in [7, 11) is 0. The van der Waals surface area contributed by atoms with E-state index in [1.165, 1.54) is 0 Å². The van der Waals surface area contributed by atoms with Crippen molar-refractivity contribution < 1.29 is 17.6 Å². The first kappa shape index (κ1) is 9.32. The Morgan fingerprint density at radius 2 is 1.50 bits per heavy atom. The Balaban J connectivity index is 3.28. The van der Waals surface area contributed by atoms with E-state index in [1.54, 1.807) is 0 Å². The second kappa shape index (κ2) is 3.31. The van der Waals surface area contributed by atoms with Crippen molar-refractivity contribution in [2.75, 3.05) is 0 Å². The van der Waals surface area contributed by atoms with E-state index in [0.29, 0.717) is 12.1 Å². The molecule has 1 aromatic carbocycles. The summed E-state index contributed by atoms with van der Waals surface area (Å²) in [6, 6.07) is 1.29. The Labute approximate surface area is 70.8 Å². The molecule has 0 unspecified atom stereocenters. The molecule has 0 saturated heterocycles. The number of hydrogen-bond acceptors (Lipinski definition) is 0. The van der Waals surface area contributed by atoms with Crippen LogP contribution in [0.3, 0.4) is 0 Å². The molecule has 0 aliphatic rings. The molecule has 1 aromatic rings. The van der Waals surface area contributed by atoms with Crippen molar-refractivity contribution in [2.45, 2.75) is 6.43 Å². The minimum Gasteiger partial charge on any atom is -0.206 e. The predicted octanol–water partition coefficient (Wildman–Crippen LogP) is 3.56. The van der Waals surface area contributed by atoms with Crippen LogP contribution < -0.4 is 0 Å². The maximum atomic E-state index is 12.6. The molecule has 0 N–H and O–H groups in total. The van der Waals surface area contributed by atoms with Crippen molar-refractivity contribution >= 4 is 11.6 Å². The van der Waals surface area contributed by atoms with Crippen LogP contribution in [0.25, 0.3) is 0 Å². The van der Waals surface area contributed by atoms with Crippen molar-refractivity contribution in [3.63, 3.8) is 0 Å². The van der Waals surface area contributed by atoms with Crippen molar-refractivity contribution in [3.8, 4) is 0 Å². The summed E-state index contributed by atoms with van der Waals surface area (Å²) in [6.45, 7) is 0. The minimum absolute atomic E-state index is 0.241. The molecule has 0 saturated carbocycles. The second-order valence-electron chi connectivity index (χ2n) is 2.08. The number of hydrogen-bond donors (Lipinski definition) is 0. The molecule has 12 heavy (non-hydrogen) atoms. The van der Waals surface area contributed by atoms with Gasteiger partial charge in [0, 0.05) is 5.02 Å². The fourth-order valence-electron chi connectivity index (χ4n) is 0.762. The lowest BCUT2D eigenvalue weighted by molar-refractivity contribution is 0.141. The lowest BCUT2D eigenvalue weighted by Crippen LogP contribution is -1.95. The van der Waals surface area contributed by atoms with E-state index in [9.17, 15) is 17.6 Å². The Bertz CT molecular complexity index is 274. The van der Waals surface area contributed by atoms with Crippen molar-refractivity contribution in [3.05, 3.63) is 34.4 Å². The summed E-state index contributed by atoms with van der Waals surface area (Å²) in [5.74, 6) is -2.65. The third-order valence-corrected chi connectivity index (χ3v) is 1.48. The van der Waals surface area contributed by atoms with Gasteiger partial charge < -0.3 is 0 Å². The standard InChI is InChI=1S/C7H3ClF4/c8-3-1-4(9)6(7(11)12)5(10)2-3/h1-2,7H. The largest absolute Gasteiger partial charge is 0.269 e. The van der Waals surface area contributed by atoms with Gasteiger partial charge in [-0.1, -0.05) is 11.6 Å². The quantitative estimate of drug-likeness (QED) is 0.606. The van der Waals surface area contributed by atoms with Crippen molar-refractivity contribution in [1.82, 2.24) is 0 Å². The monoisotopic (exact) mass is 198 g/mol. The van der Waals surface area contributed by atoms with E-state index in [-0.39, 0.29) is 5.02 Å². The minimum atomic E-state index is -3.16. The number of halogens is 5. The molecule has 0 bridgehead atoms. The highest BCUT2D eigenvalue weighted by Gasteiger charge is 2.19. The third kappa shape index (κ3) is 1.69. The molecular formula is C7H3ClF4. The molecule has 0 spiro atoms. The molecule has 0 atom stereocenters. The zero-order valence-corrected chi connectivity index (χ0v) is 6.38. The lowest BCUT2D eigenvalue weighted by Gasteiger charge is -2.03. The van der Waals surface area contributed by atoms with Gasteiger partial charge in [-0.15, -0.1) is 0 Å². The highest BCUT2D eigenvalue weighted by atomic mass is 35.5. The highest BCUT2D eigenvalue weighted by molar-refractivity contribution is 6.30. The number of alkyl halides is 2. The third-order valence-electron chi connectivity index (χ3n) is 1.26. The summed E-state index contributed by atoms with van der Waals surface area (Å²) in [5.41, 5.74) is -1.24. The predicted molar refractivity (Wildman–Crippen MR) is 36.3 cm³/mol. The Hall–Kier alpha value is -0.770. The average molecular weight is 199 g/mol. The van der Waals surface area contributed by atoms with Crippen LogP contribution in [0.5, 0.6) is 0 Å². The molecule has 0 heterocycles. The van der Waals surface area contributed by atoms with E-state index in [1.807, 2.05) is 0 Å². The summed E-state index contributed by atoms with van der Waals surface area (Å²) >= 11 is 5.20. The van der Waals surface area contributed by atoms with Crippen LogP contribution in [0.4, 0.5) is 17.6 Å². The molecule has 0 aliphatic carbocycles. The Kier molecular flexibility index (Phi) is 2.57. The highest BCUT2D eigenvalue weighted by Crippen LogP contribution is 2.27. The zero-order valence-electron chi connectivity index (χ0n) is 5.62. The first-order valence-corrected chi connectivity index (χ1v) is 3.32. The lowest BCUT2D eigenvalue weighted by atomic mass is 10.2. The summed E-state index contributed by atoms with van der Waals surface area (Å²) in [5, 5.41) is -0.241. The van der Waals surface area contributed by atoms with Gasteiger partial charge in [-0.3, -0.25) is 0 Å². The zero-order chi connectivity index (χ0) is 9.30. The van der Waals surface area contributed by atoms with Gasteiger partial charge in [-0.05, 0) is 12.1 Å². The second-order valence-corrected chi connectivity index (χ2v) is 2.52. The van der Waals surface area contributed by atoms with Crippen LogP contribution in [0, 0.1) is 11.6 Å². The van der Waals surface area contributed by atoms with Crippen LogP contribution in [0.2, 0.25) is 5.02 Å². The summed E-state index contributed by atoms with van der Waals surface area (Å²) in [4.78, 5) is 0. The average Bonchev–Trinajstić information content (AvgIpc) is 1.82. The normalized spacial score (nSPS) is 10.8. The molecule has 0 fully saturated rings. The van der Waals surface area contributed by atoms with Crippen LogP contribution in [0.1, 0.15) is 12.0 Å². The van der Waals surface area contributed by atoms with E-state index in [0.717, 1.165) is 0 Å². The molecule has 0 aromatic heterocycles. The smallest absolute Gasteiger partial charge is 0.206 e. The number of rotatable bonds is 1. The van der Waals surface area contributed by atoms with Crippen molar-refractivity contribution in [2.24, 2.45) is 0 Å². The molecular weight excluding hydrogens is 196 g/mol. The fraction of sp³-hybridized carbons (Fsp3) is 0.143. The molecule has 5 heteroatoms. The van der Waals surface area contributed by atoms with Gasteiger partial charge >= 0.3 is 0 Å². The topological polar surface area (TPSA) is 0 Å². The molecule has 0 radical (unpaired) electrons. The van der Waals surface area contributed by atoms with Gasteiger partial charge in [0.05, 0.1) is 5.56 Å². The SMILES string of the molecule is Fc1cc(Cl)cc(F)c1C(F)F. The molecule has 0 aliphatic heterocycles. The van der Waals surface area contributed by atoms with Gasteiger partial charge in [0.1, 0.15) is 11.6 Å². The van der Waals surface area contributed by atoms with E-state index < -0.39 is 23.6 Å². The van der Waals surface area contributed by atoms with Crippen LogP contribution in [0.15, 0.2) is 12.1 Å². The van der Waals surface area contributed by atoms with E-state index in [4.69, 9.17) is 11.6 Å². The Morgan fingerprint density at radius 1 is 1.08 bits per heavy atom. The maximum Gasteiger partial charge on any atom is 0.269 e. The van der Waals surface area contributed by atoms with Gasteiger partial charge in [0.2, 0.25) is 0 Å². The van der Waals surface area contributed by atoms with Gasteiger partial charge in [0.15, 0.2) is 0 Å². The maximum absolute atomic E-state index is 12.6. The van der Waals surface area contributed by atoms with Crippen LogP contribution in [-0.4, -0.2) is 0 Å². The fourth-order valence-corrected chi connectivity index (χ4v) is 0.953. The summed E-state index contributed by atoms with van der Waals surface area (Å²) in [6.07, 6.45) is -3.16. The van der Waals surface area contributed by atoms with Gasteiger partial charge in [0.25, 0.3) is 6.43 Å². The van der Waals surface area contributed by atoms with Crippen molar-refractivity contribution in [1.29, 1.82) is 0 Å². The van der Waals surface area contributed by atoms with Gasteiger partial charge in [-0.25, -0.2) is 17.6 Å². The van der Waals surface area contributed by atoms with Gasteiger partial charge in [-0.2, -0.15) is 0 Å². The first-order valence-electron chi connectivity index (χ1n) is 2.95. The number of benzene rings is 1. The molecule has 1 rings (SSSR count). The first-order chi connectivity index (χ1) is 5.52. The van der Waals surface area contributed by atoms with Crippen LogP contribution >= 0.6 is 11.6 Å². The molecule has 0 nitrogen and oxygen atoms in total. The van der Waals surface area contributed by atoms with E-state index in [2.05, 4.69) is 0 Å². The van der Waals surface area contributed by atoms with E-state index >= 15 is 0 Å². The van der Waals surface area contributed by atoms with Crippen LogP contribution in [-0.2, 0) is 0 Å². The molecule has 0 amide bonds. The molecule has 66 valence electrons. The summed E-state index contributed by atoms with van der Waals surface area (Å²) < 4.78 is 48.9. The Morgan fingerprint density at radius 3 is 1.83 bits per heavy atom.